The Morgan fingerprint density at radius 2 is 2.32 bits per heavy atom. The molecule has 0 bridgehead atoms. The highest BCUT2D eigenvalue weighted by Gasteiger charge is 2.18. The summed E-state index contributed by atoms with van der Waals surface area (Å²) in [5.41, 5.74) is 7.71. The average Bonchev–Trinajstić information content (AvgIpc) is 2.38. The molecule has 2 rings (SSSR count). The number of hydrogen-bond donors (Lipinski definition) is 2. The van der Waals surface area contributed by atoms with Crippen LogP contribution in [0.1, 0.15) is 24.8 Å². The van der Waals surface area contributed by atoms with Gasteiger partial charge in [-0.1, -0.05) is 34.6 Å². The molecule has 0 aliphatic carbocycles. The van der Waals surface area contributed by atoms with Crippen molar-refractivity contribution in [1.82, 2.24) is 4.90 Å². The summed E-state index contributed by atoms with van der Waals surface area (Å²) in [6, 6.07) is 6.60. The molecule has 1 heterocycles. The van der Waals surface area contributed by atoms with Crippen molar-refractivity contribution >= 4 is 38.8 Å². The molecule has 5 heteroatoms. The third-order valence-corrected chi connectivity index (χ3v) is 4.41. The van der Waals surface area contributed by atoms with Crippen LogP contribution in [0.2, 0.25) is 0 Å². The Morgan fingerprint density at radius 3 is 3.00 bits per heavy atom. The first-order valence-electron chi connectivity index (χ1n) is 6.61. The van der Waals surface area contributed by atoms with Crippen molar-refractivity contribution in [2.24, 2.45) is 5.73 Å². The zero-order valence-electron chi connectivity index (χ0n) is 11.2. The maximum Gasteiger partial charge on any atom is 0.106 e. The second kappa shape index (κ2) is 6.68. The predicted molar refractivity (Wildman–Crippen MR) is 88.8 cm³/mol. The summed E-state index contributed by atoms with van der Waals surface area (Å²) in [6.07, 6.45) is 3.88. The second-order valence-electron chi connectivity index (χ2n) is 5.07. The zero-order valence-corrected chi connectivity index (χ0v) is 13.6. The fourth-order valence-corrected chi connectivity index (χ4v) is 3.03. The van der Waals surface area contributed by atoms with Gasteiger partial charge in [0.25, 0.3) is 0 Å². The summed E-state index contributed by atoms with van der Waals surface area (Å²) in [4.78, 5) is 2.86. The molecule has 1 saturated heterocycles. The fourth-order valence-electron chi connectivity index (χ4n) is 2.50. The number of rotatable bonds is 4. The van der Waals surface area contributed by atoms with Crippen LogP contribution in [0.15, 0.2) is 22.7 Å². The van der Waals surface area contributed by atoms with E-state index in [2.05, 4.69) is 33.2 Å². The largest absolute Gasteiger partial charge is 0.389 e. The molecule has 1 fully saturated rings. The number of nitrogens with zero attached hydrogens (tertiary/aromatic N) is 1. The van der Waals surface area contributed by atoms with Gasteiger partial charge in [0, 0.05) is 28.3 Å². The van der Waals surface area contributed by atoms with E-state index < -0.39 is 0 Å². The van der Waals surface area contributed by atoms with Gasteiger partial charge in [-0.15, -0.1) is 0 Å². The van der Waals surface area contributed by atoms with E-state index in [4.69, 9.17) is 18.0 Å². The summed E-state index contributed by atoms with van der Waals surface area (Å²) < 4.78 is 0.996. The minimum Gasteiger partial charge on any atom is -0.389 e. The molecule has 3 N–H and O–H groups in total. The molecule has 1 aromatic rings. The lowest BCUT2D eigenvalue weighted by Gasteiger charge is -2.33. The van der Waals surface area contributed by atoms with Crippen LogP contribution in [0.3, 0.4) is 0 Å². The number of likely N-dealkylation sites (N-methyl/N-ethyl adjacent to an activating group) is 1. The number of hydrogen-bond acceptors (Lipinski definition) is 3. The monoisotopic (exact) mass is 341 g/mol. The van der Waals surface area contributed by atoms with Gasteiger partial charge in [0.1, 0.15) is 4.99 Å². The van der Waals surface area contributed by atoms with Gasteiger partial charge in [0.05, 0.1) is 0 Å². The van der Waals surface area contributed by atoms with Crippen LogP contribution in [0, 0.1) is 0 Å². The molecule has 1 aliphatic heterocycles. The molecule has 0 aromatic heterocycles. The lowest BCUT2D eigenvalue weighted by molar-refractivity contribution is 0.194. The number of piperidine rings is 1. The smallest absolute Gasteiger partial charge is 0.106 e. The van der Waals surface area contributed by atoms with Crippen molar-refractivity contribution in [1.29, 1.82) is 0 Å². The molecule has 1 unspecified atom stereocenters. The van der Waals surface area contributed by atoms with Gasteiger partial charge in [0.2, 0.25) is 0 Å². The number of nitrogens with one attached hydrogen (secondary N) is 1. The predicted octanol–water partition coefficient (Wildman–Crippen LogP) is 2.98. The van der Waals surface area contributed by atoms with E-state index in [9.17, 15) is 0 Å². The quantitative estimate of drug-likeness (QED) is 0.826. The van der Waals surface area contributed by atoms with Crippen molar-refractivity contribution in [3.05, 3.63) is 28.2 Å². The first kappa shape index (κ1) is 14.8. The van der Waals surface area contributed by atoms with Gasteiger partial charge in [-0.2, -0.15) is 0 Å². The molecule has 1 aliphatic rings. The van der Waals surface area contributed by atoms with Gasteiger partial charge in [-0.25, -0.2) is 0 Å². The standard InChI is InChI=1S/C14H20BrN3S/c1-18-7-3-2-4-11(18)9-17-13-6-5-10(15)8-12(13)14(16)19/h5-6,8,11,17H,2-4,7,9H2,1H3,(H2,16,19). The third kappa shape index (κ3) is 3.91. The Morgan fingerprint density at radius 1 is 1.53 bits per heavy atom. The van der Waals surface area contributed by atoms with E-state index in [1.165, 1.54) is 25.8 Å². The Kier molecular flexibility index (Phi) is 5.19. The number of anilines is 1. The van der Waals surface area contributed by atoms with Crippen LogP contribution >= 0.6 is 28.1 Å². The molecule has 3 nitrogen and oxygen atoms in total. The number of benzene rings is 1. The van der Waals surface area contributed by atoms with Gasteiger partial charge in [-0.3, -0.25) is 0 Å². The maximum atomic E-state index is 5.78. The normalized spacial score (nSPS) is 20.2. The van der Waals surface area contributed by atoms with Crippen molar-refractivity contribution < 1.29 is 0 Å². The highest BCUT2D eigenvalue weighted by molar-refractivity contribution is 9.10. The molecule has 104 valence electrons. The summed E-state index contributed by atoms with van der Waals surface area (Å²) in [5.74, 6) is 0. The van der Waals surface area contributed by atoms with Crippen molar-refractivity contribution in [3.63, 3.8) is 0 Å². The lowest BCUT2D eigenvalue weighted by Crippen LogP contribution is -2.40. The molecular weight excluding hydrogens is 322 g/mol. The van der Waals surface area contributed by atoms with Crippen LogP contribution in [0.25, 0.3) is 0 Å². The highest BCUT2D eigenvalue weighted by atomic mass is 79.9. The number of halogens is 1. The van der Waals surface area contributed by atoms with Gasteiger partial charge >= 0.3 is 0 Å². The molecule has 19 heavy (non-hydrogen) atoms. The van der Waals surface area contributed by atoms with E-state index in [0.29, 0.717) is 11.0 Å². The van der Waals surface area contributed by atoms with E-state index in [0.717, 1.165) is 22.3 Å². The van der Waals surface area contributed by atoms with Crippen LogP contribution in [-0.4, -0.2) is 36.1 Å². The summed E-state index contributed by atoms with van der Waals surface area (Å²) in [7, 11) is 2.20. The van der Waals surface area contributed by atoms with Crippen LogP contribution in [-0.2, 0) is 0 Å². The molecule has 0 saturated carbocycles. The van der Waals surface area contributed by atoms with Gasteiger partial charge in [0.15, 0.2) is 0 Å². The van der Waals surface area contributed by atoms with E-state index >= 15 is 0 Å². The molecule has 1 atom stereocenters. The van der Waals surface area contributed by atoms with Gasteiger partial charge in [-0.05, 0) is 44.6 Å². The van der Waals surface area contributed by atoms with Crippen molar-refractivity contribution in [2.45, 2.75) is 25.3 Å². The van der Waals surface area contributed by atoms with Crippen molar-refractivity contribution in [3.8, 4) is 0 Å². The minimum absolute atomic E-state index is 0.431. The molecule has 1 aromatic carbocycles. The van der Waals surface area contributed by atoms with E-state index in [1.807, 2.05) is 18.2 Å². The second-order valence-corrected chi connectivity index (χ2v) is 6.42. The SMILES string of the molecule is CN1CCCCC1CNc1ccc(Br)cc1C(N)=S. The summed E-state index contributed by atoms with van der Waals surface area (Å²) in [6.45, 7) is 2.13. The molecular formula is C14H20BrN3S. The Bertz CT molecular complexity index is 464. The summed E-state index contributed by atoms with van der Waals surface area (Å²) in [5, 5.41) is 3.49. The topological polar surface area (TPSA) is 41.3 Å². The zero-order chi connectivity index (χ0) is 13.8. The average molecular weight is 342 g/mol. The Labute approximate surface area is 128 Å². The van der Waals surface area contributed by atoms with Gasteiger partial charge < -0.3 is 16.0 Å². The fraction of sp³-hybridized carbons (Fsp3) is 0.500. The van der Waals surface area contributed by atoms with E-state index in [1.54, 1.807) is 0 Å². The molecule has 0 radical (unpaired) electrons. The van der Waals surface area contributed by atoms with E-state index in [-0.39, 0.29) is 0 Å². The molecule has 0 amide bonds. The Hall–Kier alpha value is -0.650. The Balaban J connectivity index is 2.04. The number of likely N-dealkylation sites (tertiary alicyclic amines) is 1. The van der Waals surface area contributed by atoms with Crippen LogP contribution in [0.5, 0.6) is 0 Å². The lowest BCUT2D eigenvalue weighted by atomic mass is 10.0. The summed E-state index contributed by atoms with van der Waals surface area (Å²) >= 11 is 8.56. The van der Waals surface area contributed by atoms with Crippen LogP contribution in [0.4, 0.5) is 5.69 Å². The number of thiocarbonyl (C=S) groups is 1. The molecule has 0 spiro atoms. The third-order valence-electron chi connectivity index (χ3n) is 3.70. The minimum atomic E-state index is 0.431. The number of nitrogens with two attached hydrogens (primary N) is 1. The maximum absolute atomic E-state index is 5.78. The van der Waals surface area contributed by atoms with Crippen molar-refractivity contribution in [2.75, 3.05) is 25.5 Å². The van der Waals surface area contributed by atoms with Crippen LogP contribution < -0.4 is 11.1 Å². The first-order valence-corrected chi connectivity index (χ1v) is 7.81. The first-order chi connectivity index (χ1) is 9.08. The highest BCUT2D eigenvalue weighted by Crippen LogP contribution is 2.22.